The molecule has 0 aromatic carbocycles. The Bertz CT molecular complexity index is 223. The van der Waals surface area contributed by atoms with Crippen molar-refractivity contribution in [2.45, 2.75) is 6.54 Å². The van der Waals surface area contributed by atoms with Gasteiger partial charge in [-0.05, 0) is 0 Å². The standard InChI is InChI=1S/C8H10N2O/c1-2-6-11-7-5-10-4-3-9-8-10/h1,3-4,8H,5-7H2. The van der Waals surface area contributed by atoms with Crippen molar-refractivity contribution in [2.75, 3.05) is 13.2 Å². The molecule has 0 saturated heterocycles. The number of rotatable bonds is 4. The molecule has 58 valence electrons. The predicted octanol–water partition coefficient (Wildman–Crippen LogP) is 0.533. The highest BCUT2D eigenvalue weighted by Gasteiger charge is 1.87. The Morgan fingerprint density at radius 3 is 3.18 bits per heavy atom. The molecule has 0 amide bonds. The van der Waals surface area contributed by atoms with Crippen LogP contribution in [0.15, 0.2) is 18.7 Å². The van der Waals surface area contributed by atoms with E-state index in [1.165, 1.54) is 0 Å². The normalized spacial score (nSPS) is 9.36. The minimum absolute atomic E-state index is 0.384. The molecule has 0 unspecified atom stereocenters. The number of aromatic nitrogens is 2. The summed E-state index contributed by atoms with van der Waals surface area (Å²) in [5.74, 6) is 2.40. The van der Waals surface area contributed by atoms with E-state index >= 15 is 0 Å². The SMILES string of the molecule is C#CCOCCn1ccnc1. The van der Waals surface area contributed by atoms with Crippen LogP contribution < -0.4 is 0 Å². The Kier molecular flexibility index (Phi) is 3.23. The van der Waals surface area contributed by atoms with Crippen LogP contribution in [-0.4, -0.2) is 22.8 Å². The van der Waals surface area contributed by atoms with Crippen LogP contribution in [0, 0.1) is 12.3 Å². The minimum atomic E-state index is 0.384. The quantitative estimate of drug-likeness (QED) is 0.462. The Morgan fingerprint density at radius 1 is 1.64 bits per heavy atom. The van der Waals surface area contributed by atoms with Crippen molar-refractivity contribution >= 4 is 0 Å². The van der Waals surface area contributed by atoms with Crippen molar-refractivity contribution < 1.29 is 4.74 Å². The molecule has 0 atom stereocenters. The van der Waals surface area contributed by atoms with Crippen molar-refractivity contribution in [3.8, 4) is 12.3 Å². The van der Waals surface area contributed by atoms with Gasteiger partial charge in [-0.3, -0.25) is 0 Å². The second-order valence-corrected chi connectivity index (χ2v) is 2.06. The number of terminal acetylenes is 1. The lowest BCUT2D eigenvalue weighted by Gasteiger charge is -2.00. The van der Waals surface area contributed by atoms with Gasteiger partial charge in [0.25, 0.3) is 0 Å². The second kappa shape index (κ2) is 4.53. The Morgan fingerprint density at radius 2 is 2.55 bits per heavy atom. The highest BCUT2D eigenvalue weighted by molar-refractivity contribution is 4.82. The summed E-state index contributed by atoms with van der Waals surface area (Å²) >= 11 is 0. The highest BCUT2D eigenvalue weighted by atomic mass is 16.5. The largest absolute Gasteiger partial charge is 0.367 e. The second-order valence-electron chi connectivity index (χ2n) is 2.06. The average molecular weight is 150 g/mol. The molecule has 11 heavy (non-hydrogen) atoms. The molecule has 3 nitrogen and oxygen atoms in total. The third-order valence-corrected chi connectivity index (χ3v) is 1.24. The maximum absolute atomic E-state index is 5.07. The van der Waals surface area contributed by atoms with Crippen molar-refractivity contribution in [1.82, 2.24) is 9.55 Å². The van der Waals surface area contributed by atoms with Crippen LogP contribution in [0.1, 0.15) is 0 Å². The fourth-order valence-corrected chi connectivity index (χ4v) is 0.720. The highest BCUT2D eigenvalue weighted by Crippen LogP contribution is 1.85. The van der Waals surface area contributed by atoms with E-state index in [4.69, 9.17) is 11.2 Å². The fraction of sp³-hybridized carbons (Fsp3) is 0.375. The predicted molar refractivity (Wildman–Crippen MR) is 41.9 cm³/mol. The molecule has 0 spiro atoms. The summed E-state index contributed by atoms with van der Waals surface area (Å²) < 4.78 is 7.01. The zero-order valence-corrected chi connectivity index (χ0v) is 6.23. The Balaban J connectivity index is 2.10. The van der Waals surface area contributed by atoms with Gasteiger partial charge in [0, 0.05) is 18.9 Å². The molecule has 1 heterocycles. The molecular weight excluding hydrogens is 140 g/mol. The van der Waals surface area contributed by atoms with Gasteiger partial charge in [-0.2, -0.15) is 0 Å². The summed E-state index contributed by atoms with van der Waals surface area (Å²) in [7, 11) is 0. The maximum atomic E-state index is 5.07. The summed E-state index contributed by atoms with van der Waals surface area (Å²) in [5.41, 5.74) is 0. The monoisotopic (exact) mass is 150 g/mol. The molecule has 1 rings (SSSR count). The molecule has 1 aromatic rings. The topological polar surface area (TPSA) is 27.1 Å². The first-order valence-corrected chi connectivity index (χ1v) is 3.40. The van der Waals surface area contributed by atoms with E-state index < -0.39 is 0 Å². The average Bonchev–Trinajstić information content (AvgIpc) is 2.50. The number of imidazole rings is 1. The van der Waals surface area contributed by atoms with Crippen molar-refractivity contribution in [1.29, 1.82) is 0 Å². The van der Waals surface area contributed by atoms with E-state index in [0.717, 1.165) is 6.54 Å². The van der Waals surface area contributed by atoms with Crippen LogP contribution in [0.3, 0.4) is 0 Å². The summed E-state index contributed by atoms with van der Waals surface area (Å²) in [4.78, 5) is 3.89. The lowest BCUT2D eigenvalue weighted by atomic mass is 10.6. The number of hydrogen-bond donors (Lipinski definition) is 0. The third kappa shape index (κ3) is 2.87. The van der Waals surface area contributed by atoms with Gasteiger partial charge < -0.3 is 9.30 Å². The molecule has 0 fully saturated rings. The Labute approximate surface area is 66.0 Å². The molecule has 1 aromatic heterocycles. The van der Waals surface area contributed by atoms with Gasteiger partial charge in [0.2, 0.25) is 0 Å². The first-order valence-electron chi connectivity index (χ1n) is 3.40. The summed E-state index contributed by atoms with van der Waals surface area (Å²) in [6, 6.07) is 0. The Hall–Kier alpha value is -1.27. The molecular formula is C8H10N2O. The van der Waals surface area contributed by atoms with Crippen molar-refractivity contribution in [3.63, 3.8) is 0 Å². The van der Waals surface area contributed by atoms with Gasteiger partial charge in [0.15, 0.2) is 0 Å². The number of ether oxygens (including phenoxy) is 1. The summed E-state index contributed by atoms with van der Waals surface area (Å²) in [6.45, 7) is 1.83. The lowest BCUT2D eigenvalue weighted by Crippen LogP contribution is -2.03. The smallest absolute Gasteiger partial charge is 0.107 e. The van der Waals surface area contributed by atoms with Crippen molar-refractivity contribution in [2.24, 2.45) is 0 Å². The minimum Gasteiger partial charge on any atom is -0.367 e. The molecule has 3 heteroatoms. The van der Waals surface area contributed by atoms with Gasteiger partial charge in [-0.1, -0.05) is 5.92 Å². The van der Waals surface area contributed by atoms with E-state index in [9.17, 15) is 0 Å². The van der Waals surface area contributed by atoms with Crippen LogP contribution in [0.5, 0.6) is 0 Å². The van der Waals surface area contributed by atoms with Crippen LogP contribution in [0.25, 0.3) is 0 Å². The van der Waals surface area contributed by atoms with Crippen LogP contribution >= 0.6 is 0 Å². The van der Waals surface area contributed by atoms with Gasteiger partial charge in [0.05, 0.1) is 12.9 Å². The summed E-state index contributed by atoms with van der Waals surface area (Å²) in [6.07, 6.45) is 10.4. The number of nitrogens with zero attached hydrogens (tertiary/aromatic N) is 2. The molecule has 0 bridgehead atoms. The van der Waals surface area contributed by atoms with Gasteiger partial charge in [0.1, 0.15) is 6.61 Å². The zero-order valence-electron chi connectivity index (χ0n) is 6.23. The summed E-state index contributed by atoms with van der Waals surface area (Å²) in [5, 5.41) is 0. The van der Waals surface area contributed by atoms with E-state index in [1.54, 1.807) is 12.5 Å². The molecule has 0 aliphatic carbocycles. The van der Waals surface area contributed by atoms with Gasteiger partial charge >= 0.3 is 0 Å². The fourth-order valence-electron chi connectivity index (χ4n) is 0.720. The van der Waals surface area contributed by atoms with Crippen LogP contribution in [-0.2, 0) is 11.3 Å². The van der Waals surface area contributed by atoms with E-state index in [2.05, 4.69) is 10.9 Å². The first-order chi connectivity index (χ1) is 5.43. The lowest BCUT2D eigenvalue weighted by molar-refractivity contribution is 0.157. The third-order valence-electron chi connectivity index (χ3n) is 1.24. The maximum Gasteiger partial charge on any atom is 0.107 e. The molecule has 0 radical (unpaired) electrons. The zero-order chi connectivity index (χ0) is 7.94. The van der Waals surface area contributed by atoms with Gasteiger partial charge in [-0.25, -0.2) is 4.98 Å². The van der Waals surface area contributed by atoms with E-state index in [1.807, 2.05) is 10.8 Å². The number of hydrogen-bond acceptors (Lipinski definition) is 2. The molecule has 0 saturated carbocycles. The van der Waals surface area contributed by atoms with Crippen LogP contribution in [0.2, 0.25) is 0 Å². The molecule has 0 N–H and O–H groups in total. The van der Waals surface area contributed by atoms with Crippen LogP contribution in [0.4, 0.5) is 0 Å². The van der Waals surface area contributed by atoms with Crippen molar-refractivity contribution in [3.05, 3.63) is 18.7 Å². The first kappa shape index (κ1) is 7.83. The van der Waals surface area contributed by atoms with E-state index in [0.29, 0.717) is 13.2 Å². The van der Waals surface area contributed by atoms with E-state index in [-0.39, 0.29) is 0 Å². The molecule has 0 aliphatic rings. The molecule has 0 aliphatic heterocycles. The van der Waals surface area contributed by atoms with Gasteiger partial charge in [-0.15, -0.1) is 6.42 Å².